The predicted molar refractivity (Wildman–Crippen MR) is 82.6 cm³/mol. The predicted octanol–water partition coefficient (Wildman–Crippen LogP) is 3.85. The molecule has 1 heterocycles. The van der Waals surface area contributed by atoms with Gasteiger partial charge in [-0.15, -0.1) is 0 Å². The van der Waals surface area contributed by atoms with Gasteiger partial charge in [0.2, 0.25) is 0 Å². The van der Waals surface area contributed by atoms with E-state index in [1.807, 2.05) is 0 Å². The average Bonchev–Trinajstić information content (AvgIpc) is 2.34. The molecule has 1 aliphatic rings. The van der Waals surface area contributed by atoms with Crippen molar-refractivity contribution in [3.8, 4) is 0 Å². The quantitative estimate of drug-likeness (QED) is 0.773. The van der Waals surface area contributed by atoms with Gasteiger partial charge < -0.3 is 5.11 Å². The fraction of sp³-hybridized carbons (Fsp3) is 1.00. The van der Waals surface area contributed by atoms with Crippen LogP contribution in [-0.2, 0) is 0 Å². The fourth-order valence-corrected chi connectivity index (χ4v) is 3.57. The molecule has 1 saturated heterocycles. The molecule has 0 aromatic carbocycles. The maximum Gasteiger partial charge on any atom is 0.0462 e. The third kappa shape index (κ3) is 5.55. The summed E-state index contributed by atoms with van der Waals surface area (Å²) >= 11 is 0. The van der Waals surface area contributed by atoms with Crippen LogP contribution in [0.4, 0.5) is 0 Å². The summed E-state index contributed by atoms with van der Waals surface area (Å²) in [6, 6.07) is 0. The molecule has 0 amide bonds. The molecule has 1 aliphatic heterocycles. The van der Waals surface area contributed by atoms with Gasteiger partial charge in [-0.05, 0) is 24.2 Å². The molecule has 1 fully saturated rings. The summed E-state index contributed by atoms with van der Waals surface area (Å²) in [6.45, 7) is 7.15. The Morgan fingerprint density at radius 3 is 2.28 bits per heavy atom. The molecular formula is C15H32NOP. The molecule has 108 valence electrons. The van der Waals surface area contributed by atoms with Gasteiger partial charge in [-0.1, -0.05) is 61.8 Å². The van der Waals surface area contributed by atoms with Crippen molar-refractivity contribution in [2.24, 2.45) is 11.3 Å². The van der Waals surface area contributed by atoms with Crippen LogP contribution in [0.15, 0.2) is 0 Å². The van der Waals surface area contributed by atoms with Crippen molar-refractivity contribution in [3.05, 3.63) is 0 Å². The van der Waals surface area contributed by atoms with Crippen molar-refractivity contribution in [3.63, 3.8) is 0 Å². The second kappa shape index (κ2) is 8.51. The summed E-state index contributed by atoms with van der Waals surface area (Å²) in [7, 11) is 2.89. The highest BCUT2D eigenvalue weighted by Crippen LogP contribution is 2.35. The average molecular weight is 273 g/mol. The van der Waals surface area contributed by atoms with Gasteiger partial charge in [0, 0.05) is 19.7 Å². The zero-order valence-corrected chi connectivity index (χ0v) is 13.5. The van der Waals surface area contributed by atoms with Gasteiger partial charge >= 0.3 is 0 Å². The Bertz CT molecular complexity index is 225. The second-order valence-electron chi connectivity index (χ2n) is 6.43. The molecule has 0 radical (unpaired) electrons. The lowest BCUT2D eigenvalue weighted by Gasteiger charge is -2.38. The molecule has 18 heavy (non-hydrogen) atoms. The number of rotatable bonds is 2. The maximum absolute atomic E-state index is 9.50. The number of aliphatic hydroxyl groups excluding tert-OH is 1. The van der Waals surface area contributed by atoms with Crippen LogP contribution in [0.2, 0.25) is 0 Å². The van der Waals surface area contributed by atoms with E-state index < -0.39 is 0 Å². The van der Waals surface area contributed by atoms with Crippen LogP contribution in [-0.4, -0.2) is 29.5 Å². The van der Waals surface area contributed by atoms with Gasteiger partial charge in [-0.25, -0.2) is 0 Å². The molecule has 3 unspecified atom stereocenters. The van der Waals surface area contributed by atoms with E-state index in [1.54, 1.807) is 0 Å². The smallest absolute Gasteiger partial charge is 0.0462 e. The largest absolute Gasteiger partial charge is 0.396 e. The SMILES string of the molecule is CC(CO)C1(C)CCCCCCCCCN(P)C1. The lowest BCUT2D eigenvalue weighted by Crippen LogP contribution is -2.38. The van der Waals surface area contributed by atoms with Crippen LogP contribution in [0.1, 0.15) is 65.2 Å². The highest BCUT2D eigenvalue weighted by molar-refractivity contribution is 7.13. The molecule has 3 heteroatoms. The zero-order valence-electron chi connectivity index (χ0n) is 12.3. The van der Waals surface area contributed by atoms with Crippen molar-refractivity contribution in [2.45, 2.75) is 65.2 Å². The van der Waals surface area contributed by atoms with E-state index in [0.717, 1.165) is 6.54 Å². The summed E-state index contributed by atoms with van der Waals surface area (Å²) in [6.07, 6.45) is 10.8. The highest BCUT2D eigenvalue weighted by atomic mass is 31.0. The molecule has 0 aromatic rings. The van der Waals surface area contributed by atoms with Crippen molar-refractivity contribution in [1.29, 1.82) is 0 Å². The lowest BCUT2D eigenvalue weighted by atomic mass is 9.74. The number of hydrogen-bond donors (Lipinski definition) is 1. The van der Waals surface area contributed by atoms with E-state index in [-0.39, 0.29) is 5.41 Å². The van der Waals surface area contributed by atoms with Crippen molar-refractivity contribution in [1.82, 2.24) is 4.67 Å². The van der Waals surface area contributed by atoms with E-state index in [2.05, 4.69) is 27.9 Å². The van der Waals surface area contributed by atoms with Gasteiger partial charge in [-0.2, -0.15) is 0 Å². The number of aliphatic hydroxyl groups is 1. The van der Waals surface area contributed by atoms with Crippen LogP contribution in [0.3, 0.4) is 0 Å². The Balaban J connectivity index is 2.59. The summed E-state index contributed by atoms with van der Waals surface area (Å²) in [5.74, 6) is 0.392. The van der Waals surface area contributed by atoms with Gasteiger partial charge in [0.25, 0.3) is 0 Å². The normalized spacial score (nSPS) is 31.3. The van der Waals surface area contributed by atoms with E-state index in [1.165, 1.54) is 57.9 Å². The Morgan fingerprint density at radius 1 is 1.11 bits per heavy atom. The molecule has 1 N–H and O–H groups in total. The molecule has 0 aliphatic carbocycles. The second-order valence-corrected chi connectivity index (χ2v) is 7.16. The Kier molecular flexibility index (Phi) is 7.75. The van der Waals surface area contributed by atoms with E-state index in [4.69, 9.17) is 0 Å². The third-order valence-electron chi connectivity index (χ3n) is 4.72. The minimum absolute atomic E-state index is 0.260. The van der Waals surface area contributed by atoms with E-state index >= 15 is 0 Å². The van der Waals surface area contributed by atoms with Crippen molar-refractivity contribution in [2.75, 3.05) is 19.7 Å². The first-order valence-corrected chi connectivity index (χ1v) is 8.20. The number of nitrogens with zero attached hydrogens (tertiary/aromatic N) is 1. The van der Waals surface area contributed by atoms with Crippen LogP contribution in [0.5, 0.6) is 0 Å². The number of hydrogen-bond acceptors (Lipinski definition) is 2. The molecule has 2 nitrogen and oxygen atoms in total. The zero-order chi connectivity index (χ0) is 13.4. The first kappa shape index (κ1) is 16.4. The molecule has 1 rings (SSSR count). The summed E-state index contributed by atoms with van der Waals surface area (Å²) in [5, 5.41) is 9.50. The van der Waals surface area contributed by atoms with Crippen LogP contribution < -0.4 is 0 Å². The molecule has 0 spiro atoms. The van der Waals surface area contributed by atoms with Crippen LogP contribution in [0.25, 0.3) is 0 Å². The summed E-state index contributed by atoms with van der Waals surface area (Å²) < 4.78 is 2.40. The Hall–Kier alpha value is 0.350. The lowest BCUT2D eigenvalue weighted by molar-refractivity contribution is 0.0845. The molecule has 3 atom stereocenters. The molecule has 0 aromatic heterocycles. The van der Waals surface area contributed by atoms with Gasteiger partial charge in [0.05, 0.1) is 0 Å². The van der Waals surface area contributed by atoms with Crippen LogP contribution >= 0.6 is 9.39 Å². The Morgan fingerprint density at radius 2 is 1.67 bits per heavy atom. The van der Waals surface area contributed by atoms with Gasteiger partial charge in [0.1, 0.15) is 0 Å². The minimum Gasteiger partial charge on any atom is -0.396 e. The van der Waals surface area contributed by atoms with E-state index in [0.29, 0.717) is 12.5 Å². The minimum atomic E-state index is 0.260. The summed E-state index contributed by atoms with van der Waals surface area (Å²) in [4.78, 5) is 0. The van der Waals surface area contributed by atoms with Crippen molar-refractivity contribution >= 4 is 9.39 Å². The molecule has 0 saturated carbocycles. The third-order valence-corrected chi connectivity index (χ3v) is 5.16. The first-order chi connectivity index (χ1) is 8.58. The van der Waals surface area contributed by atoms with Crippen LogP contribution in [0, 0.1) is 11.3 Å². The first-order valence-electron chi connectivity index (χ1n) is 7.69. The van der Waals surface area contributed by atoms with Gasteiger partial charge in [-0.3, -0.25) is 4.67 Å². The molecule has 0 bridgehead atoms. The molecular weight excluding hydrogens is 241 g/mol. The fourth-order valence-electron chi connectivity index (χ4n) is 2.97. The van der Waals surface area contributed by atoms with Gasteiger partial charge in [0.15, 0.2) is 0 Å². The van der Waals surface area contributed by atoms with E-state index in [9.17, 15) is 5.11 Å². The summed E-state index contributed by atoms with van der Waals surface area (Å²) in [5.41, 5.74) is 0.260. The topological polar surface area (TPSA) is 23.5 Å². The maximum atomic E-state index is 9.50. The standard InChI is InChI=1S/C15H32NOP/c1-14(12-17)15(2)10-8-6-4-3-5-7-9-11-16(18)13-15/h14,17H,3-13,18H2,1-2H3. The van der Waals surface area contributed by atoms with Crippen molar-refractivity contribution < 1.29 is 5.11 Å². The Labute approximate surface area is 116 Å². The highest BCUT2D eigenvalue weighted by Gasteiger charge is 2.31. The monoisotopic (exact) mass is 273 g/mol.